The van der Waals surface area contributed by atoms with Crippen LogP contribution in [0.4, 0.5) is 0 Å². The quantitative estimate of drug-likeness (QED) is 0.575. The summed E-state index contributed by atoms with van der Waals surface area (Å²) in [4.78, 5) is 22.9. The molecular formula is C13H22N2O3. The third kappa shape index (κ3) is 4.39. The molecule has 5 heteroatoms. The zero-order valence-corrected chi connectivity index (χ0v) is 11.3. The highest BCUT2D eigenvalue weighted by atomic mass is 16.5. The van der Waals surface area contributed by atoms with E-state index in [9.17, 15) is 9.59 Å². The van der Waals surface area contributed by atoms with Gasteiger partial charge in [-0.05, 0) is 26.7 Å². The molecule has 0 heterocycles. The molecule has 0 aromatic heterocycles. The first kappa shape index (κ1) is 14.5. The molecule has 0 aliphatic heterocycles. The fourth-order valence-electron chi connectivity index (χ4n) is 2.13. The number of amides is 1. The van der Waals surface area contributed by atoms with E-state index in [1.54, 1.807) is 13.8 Å². The molecule has 0 radical (unpaired) electrons. The number of allylic oxidation sites excluding steroid dienone is 1. The maximum absolute atomic E-state index is 11.8. The van der Waals surface area contributed by atoms with Crippen LogP contribution in [0.3, 0.4) is 0 Å². The van der Waals surface area contributed by atoms with Gasteiger partial charge in [0.05, 0.1) is 6.61 Å². The van der Waals surface area contributed by atoms with Crippen LogP contribution in [0.2, 0.25) is 0 Å². The summed E-state index contributed by atoms with van der Waals surface area (Å²) in [7, 11) is 0. The van der Waals surface area contributed by atoms with Crippen molar-refractivity contribution in [3.8, 4) is 0 Å². The molecule has 0 atom stereocenters. The molecule has 0 spiro atoms. The van der Waals surface area contributed by atoms with Crippen molar-refractivity contribution >= 4 is 11.9 Å². The van der Waals surface area contributed by atoms with Crippen molar-refractivity contribution < 1.29 is 14.3 Å². The molecule has 18 heavy (non-hydrogen) atoms. The summed E-state index contributed by atoms with van der Waals surface area (Å²) in [5.41, 5.74) is 0.895. The smallest absolute Gasteiger partial charge is 0.356 e. The Labute approximate surface area is 108 Å². The number of esters is 1. The Morgan fingerprint density at radius 3 is 2.33 bits per heavy atom. The van der Waals surface area contributed by atoms with Crippen molar-refractivity contribution in [3.05, 3.63) is 11.4 Å². The lowest BCUT2D eigenvalue weighted by molar-refractivity contribution is -0.140. The Hall–Kier alpha value is -1.52. The molecule has 102 valence electrons. The van der Waals surface area contributed by atoms with E-state index in [4.69, 9.17) is 4.74 Å². The van der Waals surface area contributed by atoms with Gasteiger partial charge in [-0.2, -0.15) is 0 Å². The van der Waals surface area contributed by atoms with Crippen LogP contribution < -0.4 is 10.6 Å². The monoisotopic (exact) mass is 254 g/mol. The van der Waals surface area contributed by atoms with Crippen molar-refractivity contribution in [2.24, 2.45) is 0 Å². The van der Waals surface area contributed by atoms with Gasteiger partial charge in [-0.25, -0.2) is 4.79 Å². The molecule has 1 aliphatic carbocycles. The highest BCUT2D eigenvalue weighted by molar-refractivity contribution is 5.93. The van der Waals surface area contributed by atoms with E-state index < -0.39 is 5.97 Å². The molecule has 1 aliphatic rings. The number of hydrogen-bond donors (Lipinski definition) is 2. The van der Waals surface area contributed by atoms with Gasteiger partial charge in [-0.15, -0.1) is 0 Å². The van der Waals surface area contributed by atoms with Crippen molar-refractivity contribution in [1.29, 1.82) is 0 Å². The first-order valence-electron chi connectivity index (χ1n) is 6.46. The molecule has 0 aromatic carbocycles. The van der Waals surface area contributed by atoms with Gasteiger partial charge in [0.2, 0.25) is 5.91 Å². The minimum absolute atomic E-state index is 0.219. The second-order valence-corrected chi connectivity index (χ2v) is 4.53. The number of carbonyl (C=O) groups excluding carboxylic acids is 2. The maximum Gasteiger partial charge on any atom is 0.356 e. The lowest BCUT2D eigenvalue weighted by atomic mass is 10.2. The van der Waals surface area contributed by atoms with Gasteiger partial charge in [0.1, 0.15) is 5.70 Å². The average molecular weight is 254 g/mol. The number of ether oxygens (including phenoxy) is 1. The second-order valence-electron chi connectivity index (χ2n) is 4.53. The van der Waals surface area contributed by atoms with Gasteiger partial charge in [0.25, 0.3) is 0 Å². The van der Waals surface area contributed by atoms with Crippen LogP contribution in [0.5, 0.6) is 0 Å². The third-order valence-electron chi connectivity index (χ3n) is 2.93. The number of rotatable bonds is 5. The average Bonchev–Trinajstić information content (AvgIpc) is 2.78. The SMILES string of the molecule is CCOC(=O)/C(NC(C)=O)=C(/C)NC1CCCC1. The van der Waals surface area contributed by atoms with Gasteiger partial charge >= 0.3 is 5.97 Å². The molecular weight excluding hydrogens is 232 g/mol. The number of hydrogen-bond acceptors (Lipinski definition) is 4. The molecule has 2 N–H and O–H groups in total. The lowest BCUT2D eigenvalue weighted by Crippen LogP contribution is -2.33. The summed E-state index contributed by atoms with van der Waals surface area (Å²) in [6.07, 6.45) is 4.63. The Balaban J connectivity index is 2.76. The predicted molar refractivity (Wildman–Crippen MR) is 68.5 cm³/mol. The normalized spacial score (nSPS) is 17.1. The van der Waals surface area contributed by atoms with Crippen LogP contribution in [0, 0.1) is 0 Å². The molecule has 0 aromatic rings. The van der Waals surface area contributed by atoms with Gasteiger partial charge < -0.3 is 15.4 Å². The molecule has 5 nitrogen and oxygen atoms in total. The maximum atomic E-state index is 11.8. The highest BCUT2D eigenvalue weighted by Gasteiger charge is 2.20. The highest BCUT2D eigenvalue weighted by Crippen LogP contribution is 2.19. The molecule has 1 amide bonds. The minimum Gasteiger partial charge on any atom is -0.461 e. The third-order valence-corrected chi connectivity index (χ3v) is 2.93. The van der Waals surface area contributed by atoms with Gasteiger partial charge in [-0.3, -0.25) is 4.79 Å². The topological polar surface area (TPSA) is 67.4 Å². The molecule has 1 fully saturated rings. The van der Waals surface area contributed by atoms with Crippen LogP contribution in [0.1, 0.15) is 46.5 Å². The predicted octanol–water partition coefficient (Wildman–Crippen LogP) is 1.45. The number of carbonyl (C=O) groups is 2. The van der Waals surface area contributed by atoms with Crippen LogP contribution in [0.15, 0.2) is 11.4 Å². The zero-order valence-electron chi connectivity index (χ0n) is 11.3. The summed E-state index contributed by atoms with van der Waals surface area (Å²) in [5, 5.41) is 5.83. The number of nitrogens with one attached hydrogen (secondary N) is 2. The van der Waals surface area contributed by atoms with E-state index in [1.165, 1.54) is 19.8 Å². The standard InChI is InChI=1S/C13H22N2O3/c1-4-18-13(17)12(15-10(3)16)9(2)14-11-7-5-6-8-11/h11,14H,4-8H2,1-3H3,(H,15,16)/b12-9+. The Morgan fingerprint density at radius 2 is 1.83 bits per heavy atom. The first-order chi connectivity index (χ1) is 8.54. The largest absolute Gasteiger partial charge is 0.461 e. The van der Waals surface area contributed by atoms with Crippen LogP contribution in [0.25, 0.3) is 0 Å². The van der Waals surface area contributed by atoms with Gasteiger partial charge in [0, 0.05) is 18.7 Å². The van der Waals surface area contributed by atoms with E-state index >= 15 is 0 Å². The van der Waals surface area contributed by atoms with Gasteiger partial charge in [-0.1, -0.05) is 12.8 Å². The summed E-state index contributed by atoms with van der Waals surface area (Å²) in [6.45, 7) is 5.20. The lowest BCUT2D eigenvalue weighted by Gasteiger charge is -2.17. The summed E-state index contributed by atoms with van der Waals surface area (Å²) >= 11 is 0. The van der Waals surface area contributed by atoms with Crippen molar-refractivity contribution in [2.45, 2.75) is 52.5 Å². The molecule has 0 unspecified atom stereocenters. The summed E-state index contributed by atoms with van der Waals surface area (Å²) in [6, 6.07) is 0.392. The van der Waals surface area contributed by atoms with Crippen LogP contribution >= 0.6 is 0 Å². The minimum atomic E-state index is -0.490. The Morgan fingerprint density at radius 1 is 1.22 bits per heavy atom. The zero-order chi connectivity index (χ0) is 13.5. The fourth-order valence-corrected chi connectivity index (χ4v) is 2.13. The van der Waals surface area contributed by atoms with E-state index in [0.29, 0.717) is 18.3 Å². The first-order valence-corrected chi connectivity index (χ1v) is 6.46. The van der Waals surface area contributed by atoms with Crippen molar-refractivity contribution in [2.75, 3.05) is 6.61 Å². The Kier molecular flexibility index (Phi) is 5.68. The van der Waals surface area contributed by atoms with Gasteiger partial charge in [0.15, 0.2) is 0 Å². The van der Waals surface area contributed by atoms with E-state index in [0.717, 1.165) is 12.8 Å². The molecule has 1 saturated carbocycles. The van der Waals surface area contributed by atoms with Crippen molar-refractivity contribution in [1.82, 2.24) is 10.6 Å². The Bertz CT molecular complexity index is 344. The van der Waals surface area contributed by atoms with Crippen LogP contribution in [-0.4, -0.2) is 24.5 Å². The summed E-state index contributed by atoms with van der Waals surface area (Å²) in [5.74, 6) is -0.763. The second kappa shape index (κ2) is 7.03. The van der Waals surface area contributed by atoms with E-state index in [1.807, 2.05) is 0 Å². The molecule has 0 bridgehead atoms. The fraction of sp³-hybridized carbons (Fsp3) is 0.692. The van der Waals surface area contributed by atoms with Crippen LogP contribution in [-0.2, 0) is 14.3 Å². The van der Waals surface area contributed by atoms with Crippen molar-refractivity contribution in [3.63, 3.8) is 0 Å². The summed E-state index contributed by atoms with van der Waals surface area (Å²) < 4.78 is 4.94. The molecule has 1 rings (SSSR count). The van der Waals surface area contributed by atoms with E-state index in [2.05, 4.69) is 10.6 Å². The molecule has 0 saturated heterocycles. The van der Waals surface area contributed by atoms with E-state index in [-0.39, 0.29) is 11.6 Å².